The summed E-state index contributed by atoms with van der Waals surface area (Å²) < 4.78 is 71.8. The second-order valence-corrected chi connectivity index (χ2v) is 34.6. The Labute approximate surface area is 792 Å². The van der Waals surface area contributed by atoms with Crippen LogP contribution in [0.5, 0.6) is 23.0 Å². The van der Waals surface area contributed by atoms with E-state index in [0.717, 1.165) is 273 Å². The van der Waals surface area contributed by atoms with Crippen LogP contribution >= 0.6 is 0 Å². The van der Waals surface area contributed by atoms with Gasteiger partial charge in [0.25, 0.3) is 0 Å². The molecule has 0 atom stereocenters. The molecule has 20 nitrogen and oxygen atoms in total. The molecule has 0 heterocycles. The van der Waals surface area contributed by atoms with Crippen molar-refractivity contribution < 1.29 is 76.0 Å². The number of nitrogens with zero attached hydrogens (tertiary/aromatic N) is 4. The van der Waals surface area contributed by atoms with Crippen molar-refractivity contribution in [3.05, 3.63) is 216 Å². The number of hydrogen-bond donors (Lipinski definition) is 0. The molecule has 0 aliphatic heterocycles. The smallest absolute Gasteiger partial charge is 0.308 e. The highest BCUT2D eigenvalue weighted by Gasteiger charge is 2.33. The van der Waals surface area contributed by atoms with E-state index in [0.29, 0.717) is 75.1 Å². The van der Waals surface area contributed by atoms with E-state index in [2.05, 4.69) is 24.3 Å². The molecule has 0 spiro atoms. The van der Waals surface area contributed by atoms with Crippen molar-refractivity contribution in [1.29, 1.82) is 21.0 Å². The number of benzene rings is 8. The minimum atomic E-state index is -0.992. The van der Waals surface area contributed by atoms with E-state index >= 15 is 0 Å². The van der Waals surface area contributed by atoms with Crippen molar-refractivity contribution in [2.75, 3.05) is 106 Å². The van der Waals surface area contributed by atoms with Gasteiger partial charge in [-0.1, -0.05) is 277 Å². The van der Waals surface area contributed by atoms with Gasteiger partial charge in [-0.05, 0) is 193 Å². The summed E-state index contributed by atoms with van der Waals surface area (Å²) in [6.45, 7) is 4.35. The second kappa shape index (κ2) is 68.6. The third kappa shape index (κ3) is 47.7. The topological polar surface area (TPSA) is 274 Å². The summed E-state index contributed by atoms with van der Waals surface area (Å²) in [6.07, 6.45) is 38.1. The number of esters is 4. The first-order valence-corrected chi connectivity index (χ1v) is 49.4. The predicted octanol–water partition coefficient (Wildman–Crippen LogP) is 26.3. The standard InChI is InChI=1S/C113H144N4O16/c114-85-93-37-45-97(46-38-93)101-53-61-105(62-54-101)126-73-29-21-13-5-1-9-17-25-33-77-130-109(118)69-81-122-89-113(90-123-82-70-110(119)131-78-34-26-18-10-2-6-14-22-30-74-127-106-63-55-102(56-64-106)98-47-39-94(86-115)40-48-98,91-124-83-71-111(120)132-79-35-27-19-11-3-7-15-23-31-75-128-107-65-57-103(58-66-107)99-49-41-95(87-116)42-50-99)92-125-84-72-112(121)133-80-36-28-20-12-4-8-16-24-32-76-129-108-67-59-104(60-68-108)100-51-43-96(88-117)44-52-100/h37-68H,1-36,69-84,89-92H2. The van der Waals surface area contributed by atoms with Crippen LogP contribution in [0.15, 0.2) is 194 Å². The molecule has 133 heavy (non-hydrogen) atoms. The van der Waals surface area contributed by atoms with Crippen molar-refractivity contribution in [1.82, 2.24) is 0 Å². The van der Waals surface area contributed by atoms with Crippen molar-refractivity contribution in [2.45, 2.75) is 257 Å². The molecule has 8 rings (SSSR count). The predicted molar refractivity (Wildman–Crippen MR) is 523 cm³/mol. The fourth-order valence-electron chi connectivity index (χ4n) is 15.5. The number of nitriles is 4. The maximum atomic E-state index is 13.1. The Morgan fingerprint density at radius 3 is 0.489 bits per heavy atom. The van der Waals surface area contributed by atoms with Crippen molar-refractivity contribution in [3.8, 4) is 91.8 Å². The highest BCUT2D eigenvalue weighted by molar-refractivity contribution is 5.72. The SMILES string of the molecule is N#Cc1ccc(-c2ccc(OCCCCCCCCCCCOC(=O)CCOCC(COCCC(=O)OCCCCCCCCCCCOc3ccc(-c4ccc(C#N)cc4)cc3)(COCCC(=O)OCCCCCCCCCCCOc3ccc(-c4ccc(C#N)cc4)cc3)COCCC(=O)OCCCCCCCCCCCOc3ccc(-c4ccc(C#N)cc4)cc3)cc2)cc1. The van der Waals surface area contributed by atoms with Crippen LogP contribution in [-0.4, -0.2) is 130 Å². The van der Waals surface area contributed by atoms with Crippen molar-refractivity contribution >= 4 is 23.9 Å². The molecule has 0 unspecified atom stereocenters. The maximum absolute atomic E-state index is 13.1. The zero-order valence-corrected chi connectivity index (χ0v) is 78.9. The highest BCUT2D eigenvalue weighted by Crippen LogP contribution is 2.30. The summed E-state index contributed by atoms with van der Waals surface area (Å²) >= 11 is 0. The Kier molecular flexibility index (Phi) is 55.2. The van der Waals surface area contributed by atoms with Gasteiger partial charge >= 0.3 is 23.9 Å². The molecule has 0 amide bonds. The van der Waals surface area contributed by atoms with E-state index in [1.165, 1.54) is 25.7 Å². The van der Waals surface area contributed by atoms with Gasteiger partial charge in [0.15, 0.2) is 0 Å². The Balaban J connectivity index is 0.718. The molecular weight excluding hydrogens is 1670 g/mol. The van der Waals surface area contributed by atoms with E-state index in [1.807, 2.05) is 194 Å². The lowest BCUT2D eigenvalue weighted by Gasteiger charge is -2.33. The molecule has 20 heteroatoms. The summed E-state index contributed by atoms with van der Waals surface area (Å²) in [5.74, 6) is 1.96. The summed E-state index contributed by atoms with van der Waals surface area (Å²) in [5.41, 5.74) is 10.2. The molecule has 8 aromatic rings. The fraction of sp³-hybridized carbons (Fsp3) is 0.504. The first-order valence-electron chi connectivity index (χ1n) is 49.4. The second-order valence-electron chi connectivity index (χ2n) is 34.6. The third-order valence-corrected chi connectivity index (χ3v) is 23.5. The molecule has 712 valence electrons. The van der Waals surface area contributed by atoms with Crippen LogP contribution in [0, 0.1) is 50.7 Å². The molecule has 0 N–H and O–H groups in total. The van der Waals surface area contributed by atoms with Gasteiger partial charge in [0.05, 0.1) is 183 Å². The van der Waals surface area contributed by atoms with Crippen LogP contribution in [0.4, 0.5) is 0 Å². The van der Waals surface area contributed by atoms with Crippen molar-refractivity contribution in [2.24, 2.45) is 5.41 Å². The number of hydrogen-bond acceptors (Lipinski definition) is 20. The van der Waals surface area contributed by atoms with E-state index in [4.69, 9.17) is 77.9 Å². The Bertz CT molecular complexity index is 4040. The number of rotatable bonds is 76. The van der Waals surface area contributed by atoms with Gasteiger partial charge in [-0.25, -0.2) is 0 Å². The number of carbonyl (C=O) groups excluding carboxylic acids is 4. The van der Waals surface area contributed by atoms with E-state index < -0.39 is 5.41 Å². The van der Waals surface area contributed by atoms with Crippen LogP contribution in [0.25, 0.3) is 44.5 Å². The number of ether oxygens (including phenoxy) is 12. The molecule has 0 saturated heterocycles. The molecule has 0 saturated carbocycles. The van der Waals surface area contributed by atoms with Crippen LogP contribution in [0.1, 0.15) is 279 Å². The monoisotopic (exact) mass is 1810 g/mol. The van der Waals surface area contributed by atoms with E-state index in [-0.39, 0.29) is 102 Å². The normalized spacial score (nSPS) is 11.1. The molecule has 0 aromatic heterocycles. The maximum Gasteiger partial charge on any atom is 0.308 e. The van der Waals surface area contributed by atoms with Crippen LogP contribution < -0.4 is 18.9 Å². The highest BCUT2D eigenvalue weighted by atomic mass is 16.6. The van der Waals surface area contributed by atoms with Gasteiger partial charge < -0.3 is 56.8 Å². The lowest BCUT2D eigenvalue weighted by atomic mass is 9.92. The van der Waals surface area contributed by atoms with Gasteiger partial charge in [-0.3, -0.25) is 19.2 Å². The summed E-state index contributed by atoms with van der Waals surface area (Å²) in [6, 6.07) is 71.3. The van der Waals surface area contributed by atoms with E-state index in [1.54, 1.807) is 0 Å². The van der Waals surface area contributed by atoms with Crippen LogP contribution in [-0.2, 0) is 57.1 Å². The Morgan fingerprint density at radius 1 is 0.188 bits per heavy atom. The minimum absolute atomic E-state index is 0.0233. The molecular formula is C113H144N4O16. The fourth-order valence-corrected chi connectivity index (χ4v) is 15.5. The third-order valence-electron chi connectivity index (χ3n) is 23.5. The van der Waals surface area contributed by atoms with Gasteiger partial charge in [-0.2, -0.15) is 21.0 Å². The van der Waals surface area contributed by atoms with Gasteiger partial charge in [0.1, 0.15) is 23.0 Å². The lowest BCUT2D eigenvalue weighted by molar-refractivity contribution is -0.148. The molecule has 0 radical (unpaired) electrons. The molecule has 0 bridgehead atoms. The summed E-state index contributed by atoms with van der Waals surface area (Å²) in [4.78, 5) is 52.5. The molecule has 0 aliphatic carbocycles. The zero-order valence-electron chi connectivity index (χ0n) is 78.9. The molecule has 0 aliphatic rings. The van der Waals surface area contributed by atoms with Crippen LogP contribution in [0.3, 0.4) is 0 Å². The first kappa shape index (κ1) is 107. The zero-order chi connectivity index (χ0) is 93.6. The van der Waals surface area contributed by atoms with Gasteiger partial charge in [0.2, 0.25) is 0 Å². The average Bonchev–Trinajstić information content (AvgIpc) is 0.819. The van der Waals surface area contributed by atoms with Gasteiger partial charge in [0, 0.05) is 0 Å². The summed E-state index contributed by atoms with van der Waals surface area (Å²) in [7, 11) is 0. The quantitative estimate of drug-likeness (QED) is 0.0195. The number of carbonyl (C=O) groups is 4. The van der Waals surface area contributed by atoms with Gasteiger partial charge in [-0.15, -0.1) is 0 Å². The molecule has 0 fully saturated rings. The average molecular weight is 1810 g/mol. The number of unbranched alkanes of at least 4 members (excludes halogenated alkanes) is 32. The largest absolute Gasteiger partial charge is 0.494 e. The Morgan fingerprint density at radius 2 is 0.331 bits per heavy atom. The first-order chi connectivity index (χ1) is 65.5. The Hall–Kier alpha value is -11.4. The summed E-state index contributed by atoms with van der Waals surface area (Å²) in [5, 5.41) is 36.5. The molecule has 8 aromatic carbocycles. The van der Waals surface area contributed by atoms with Crippen molar-refractivity contribution in [3.63, 3.8) is 0 Å². The van der Waals surface area contributed by atoms with E-state index in [9.17, 15) is 19.2 Å². The lowest BCUT2D eigenvalue weighted by Crippen LogP contribution is -2.42. The van der Waals surface area contributed by atoms with Crippen LogP contribution in [0.2, 0.25) is 0 Å². The minimum Gasteiger partial charge on any atom is -0.494 e.